The maximum Gasteiger partial charge on any atom is 0.313 e. The zero-order valence-electron chi connectivity index (χ0n) is 21.6. The van der Waals surface area contributed by atoms with E-state index in [9.17, 15) is 16.8 Å². The van der Waals surface area contributed by atoms with E-state index in [1.165, 1.54) is 17.8 Å². The summed E-state index contributed by atoms with van der Waals surface area (Å²) in [5.74, 6) is 0.0316. The smallest absolute Gasteiger partial charge is 0.313 e. The summed E-state index contributed by atoms with van der Waals surface area (Å²) in [7, 11) is -7.25. The van der Waals surface area contributed by atoms with Gasteiger partial charge in [-0.2, -0.15) is 8.42 Å². The van der Waals surface area contributed by atoms with Crippen LogP contribution >= 0.6 is 11.8 Å². The van der Waals surface area contributed by atoms with Gasteiger partial charge in [-0.25, -0.2) is 18.4 Å². The van der Waals surface area contributed by atoms with Crippen LogP contribution in [0, 0.1) is 6.92 Å². The number of sulfone groups is 1. The van der Waals surface area contributed by atoms with Crippen molar-refractivity contribution in [3.05, 3.63) is 108 Å². The summed E-state index contributed by atoms with van der Waals surface area (Å²) in [6, 6.07) is 26.8. The molecule has 0 aliphatic carbocycles. The second-order valence-electron chi connectivity index (χ2n) is 9.12. The van der Waals surface area contributed by atoms with Crippen LogP contribution in [-0.4, -0.2) is 33.1 Å². The predicted octanol–water partition coefficient (Wildman–Crippen LogP) is 6.15. The van der Waals surface area contributed by atoms with Gasteiger partial charge in [0.05, 0.1) is 11.4 Å². The average Bonchev–Trinajstić information content (AvgIpc) is 2.91. The second-order valence-corrected chi connectivity index (χ2v) is 13.8. The van der Waals surface area contributed by atoms with Crippen LogP contribution in [0.2, 0.25) is 0 Å². The Hall–Kier alpha value is -3.93. The molecule has 0 aliphatic heterocycles. The lowest BCUT2D eigenvalue weighted by molar-refractivity contribution is 0.485. The molecule has 0 bridgehead atoms. The van der Waals surface area contributed by atoms with E-state index in [-0.39, 0.29) is 16.5 Å². The Kier molecular flexibility index (Phi) is 7.79. The molecule has 1 N–H and O–H groups in total. The minimum Gasteiger partial charge on any atom is -0.382 e. The number of fused-ring (bicyclic) bond motifs is 1. The molecule has 2 aromatic heterocycles. The third-order valence-corrected chi connectivity index (χ3v) is 9.03. The van der Waals surface area contributed by atoms with Crippen LogP contribution in [-0.2, 0) is 25.7 Å². The van der Waals surface area contributed by atoms with Crippen molar-refractivity contribution in [3.63, 3.8) is 0 Å². The fraction of sp³-hybridized carbons (Fsp3) is 0.103. The molecule has 11 heteroatoms. The molecule has 0 unspecified atom stereocenters. The number of anilines is 2. The first-order chi connectivity index (χ1) is 19.1. The van der Waals surface area contributed by atoms with Gasteiger partial charge < -0.3 is 9.50 Å². The highest BCUT2D eigenvalue weighted by Gasteiger charge is 2.15. The van der Waals surface area contributed by atoms with E-state index in [0.717, 1.165) is 33.0 Å². The lowest BCUT2D eigenvalue weighted by Crippen LogP contribution is -2.11. The van der Waals surface area contributed by atoms with Gasteiger partial charge in [0, 0.05) is 27.6 Å². The Morgan fingerprint density at radius 1 is 0.850 bits per heavy atom. The van der Waals surface area contributed by atoms with Gasteiger partial charge in [-0.15, -0.1) is 0 Å². The van der Waals surface area contributed by atoms with Crippen molar-refractivity contribution in [2.75, 3.05) is 11.6 Å². The maximum absolute atomic E-state index is 12.5. The first-order valence-corrected chi connectivity index (χ1v) is 16.4. The van der Waals surface area contributed by atoms with Crippen LogP contribution in [0.5, 0.6) is 5.75 Å². The number of nitrogens with zero attached hydrogens (tertiary/aromatic N) is 2. The van der Waals surface area contributed by atoms with Crippen LogP contribution in [0.4, 0.5) is 11.4 Å². The van der Waals surface area contributed by atoms with Gasteiger partial charge in [-0.05, 0) is 72.6 Å². The SMILES string of the molecule is Cc1ccc(Sc2ccc(OS(=O)(=O)Cc3ccccc3)cc2)c(Nc2ccnc3nc(S(C)(=O)=O)ccc23)c1. The molecule has 5 rings (SSSR count). The largest absolute Gasteiger partial charge is 0.382 e. The van der Waals surface area contributed by atoms with Crippen molar-refractivity contribution in [1.82, 2.24) is 9.97 Å². The Bertz CT molecular complexity index is 1900. The Morgan fingerprint density at radius 2 is 1.60 bits per heavy atom. The molecule has 3 aromatic carbocycles. The first-order valence-electron chi connectivity index (χ1n) is 12.1. The van der Waals surface area contributed by atoms with E-state index in [2.05, 4.69) is 15.3 Å². The molecule has 0 saturated carbocycles. The minimum absolute atomic E-state index is 0.0308. The fourth-order valence-electron chi connectivity index (χ4n) is 3.95. The highest BCUT2D eigenvalue weighted by atomic mass is 32.2. The number of rotatable bonds is 9. The summed E-state index contributed by atoms with van der Waals surface area (Å²) in [4.78, 5) is 10.3. The quantitative estimate of drug-likeness (QED) is 0.202. The number of aromatic nitrogens is 2. The molecule has 0 atom stereocenters. The molecule has 0 aliphatic rings. The molecule has 0 saturated heterocycles. The molecule has 5 aromatic rings. The molecular weight excluding hydrogens is 567 g/mol. The van der Waals surface area contributed by atoms with Gasteiger partial charge in [-0.1, -0.05) is 48.2 Å². The molecule has 0 amide bonds. The standard InChI is InChI=1S/C29H25N3O5S3/c1-20-8-14-27(26(18-20)31-25-16-17-30-29-24(25)13-15-28(32-29)39(2,33)34)38-23-11-9-22(10-12-23)37-40(35,36)19-21-6-4-3-5-7-21/h3-18H,19H2,1-2H3,(H,30,31,32). The normalized spacial score (nSPS) is 11.8. The van der Waals surface area contributed by atoms with Crippen molar-refractivity contribution in [3.8, 4) is 5.75 Å². The molecular formula is C29H25N3O5S3. The Balaban J connectivity index is 1.35. The summed E-state index contributed by atoms with van der Waals surface area (Å²) in [6.07, 6.45) is 2.69. The van der Waals surface area contributed by atoms with Crippen LogP contribution in [0.15, 0.2) is 112 Å². The van der Waals surface area contributed by atoms with E-state index in [1.54, 1.807) is 60.8 Å². The van der Waals surface area contributed by atoms with Gasteiger partial charge in [0.2, 0.25) is 0 Å². The Labute approximate surface area is 237 Å². The number of hydrogen-bond acceptors (Lipinski definition) is 9. The average molecular weight is 592 g/mol. The van der Waals surface area contributed by atoms with Crippen molar-refractivity contribution in [1.29, 1.82) is 0 Å². The van der Waals surface area contributed by atoms with Crippen LogP contribution in [0.1, 0.15) is 11.1 Å². The van der Waals surface area contributed by atoms with E-state index in [0.29, 0.717) is 16.6 Å². The maximum atomic E-state index is 12.5. The number of hydrogen-bond donors (Lipinski definition) is 1. The van der Waals surface area contributed by atoms with Gasteiger partial charge in [0.25, 0.3) is 0 Å². The van der Waals surface area contributed by atoms with E-state index >= 15 is 0 Å². The lowest BCUT2D eigenvalue weighted by Gasteiger charge is -2.15. The topological polar surface area (TPSA) is 115 Å². The molecule has 0 radical (unpaired) electrons. The number of nitrogens with one attached hydrogen (secondary N) is 1. The summed E-state index contributed by atoms with van der Waals surface area (Å²) < 4.78 is 54.1. The van der Waals surface area contributed by atoms with Crippen LogP contribution in [0.3, 0.4) is 0 Å². The number of pyridine rings is 2. The number of benzene rings is 3. The molecule has 0 fully saturated rings. The van der Waals surface area contributed by atoms with E-state index < -0.39 is 20.0 Å². The molecule has 2 heterocycles. The third-order valence-electron chi connectivity index (χ3n) is 5.82. The van der Waals surface area contributed by atoms with Crippen molar-refractivity contribution < 1.29 is 21.0 Å². The fourth-order valence-corrected chi connectivity index (χ4v) is 6.46. The molecule has 204 valence electrons. The molecule has 40 heavy (non-hydrogen) atoms. The van der Waals surface area contributed by atoms with Crippen molar-refractivity contribution in [2.24, 2.45) is 0 Å². The monoisotopic (exact) mass is 591 g/mol. The van der Waals surface area contributed by atoms with Gasteiger partial charge in [0.1, 0.15) is 11.5 Å². The summed E-state index contributed by atoms with van der Waals surface area (Å²) >= 11 is 1.50. The molecule has 0 spiro atoms. The second kappa shape index (κ2) is 11.3. The number of aryl methyl sites for hydroxylation is 1. The van der Waals surface area contributed by atoms with Crippen molar-refractivity contribution >= 4 is 54.1 Å². The van der Waals surface area contributed by atoms with Crippen LogP contribution in [0.25, 0.3) is 11.0 Å². The van der Waals surface area contributed by atoms with E-state index in [4.69, 9.17) is 4.18 Å². The minimum atomic E-state index is -3.79. The predicted molar refractivity (Wildman–Crippen MR) is 157 cm³/mol. The van der Waals surface area contributed by atoms with E-state index in [1.807, 2.05) is 37.3 Å². The summed E-state index contributed by atoms with van der Waals surface area (Å²) in [5.41, 5.74) is 3.61. The zero-order chi connectivity index (χ0) is 28.3. The van der Waals surface area contributed by atoms with Crippen LogP contribution < -0.4 is 9.50 Å². The van der Waals surface area contributed by atoms with Gasteiger partial charge in [0.15, 0.2) is 20.5 Å². The zero-order valence-corrected chi connectivity index (χ0v) is 24.1. The first kappa shape index (κ1) is 27.6. The summed E-state index contributed by atoms with van der Waals surface area (Å²) in [6.45, 7) is 1.99. The van der Waals surface area contributed by atoms with Gasteiger partial charge in [-0.3, -0.25) is 0 Å². The summed E-state index contributed by atoms with van der Waals surface area (Å²) in [5, 5.41) is 4.10. The highest BCUT2D eigenvalue weighted by Crippen LogP contribution is 2.37. The molecule has 8 nitrogen and oxygen atoms in total. The lowest BCUT2D eigenvalue weighted by atomic mass is 10.2. The highest BCUT2D eigenvalue weighted by molar-refractivity contribution is 7.99. The Morgan fingerprint density at radius 3 is 2.33 bits per heavy atom. The van der Waals surface area contributed by atoms with Crippen molar-refractivity contribution in [2.45, 2.75) is 27.5 Å². The third kappa shape index (κ3) is 6.79. The van der Waals surface area contributed by atoms with Gasteiger partial charge >= 0.3 is 10.1 Å².